The number of benzene rings is 8. The summed E-state index contributed by atoms with van der Waals surface area (Å²) >= 11 is 0. The minimum atomic E-state index is 1.10. The van der Waals surface area contributed by atoms with Gasteiger partial charge in [-0.1, -0.05) is 176 Å². The number of anilines is 3. The fraction of sp³-hybridized carbons (Fsp3) is 0. The summed E-state index contributed by atoms with van der Waals surface area (Å²) in [5.74, 6) is 0. The maximum Gasteiger partial charge on any atom is 0.0540 e. The van der Waals surface area contributed by atoms with Gasteiger partial charge in [0.15, 0.2) is 0 Å². The summed E-state index contributed by atoms with van der Waals surface area (Å²) in [5, 5.41) is 0. The van der Waals surface area contributed by atoms with E-state index in [2.05, 4.69) is 217 Å². The van der Waals surface area contributed by atoms with Crippen LogP contribution >= 0.6 is 0 Å². The average molecular weight is 626 g/mol. The van der Waals surface area contributed by atoms with E-state index in [9.17, 15) is 0 Å². The maximum atomic E-state index is 2.41. The third kappa shape index (κ3) is 6.18. The lowest BCUT2D eigenvalue weighted by molar-refractivity contribution is 1.28. The lowest BCUT2D eigenvalue weighted by Gasteiger charge is -2.29. The fourth-order valence-corrected chi connectivity index (χ4v) is 6.78. The van der Waals surface area contributed by atoms with Gasteiger partial charge >= 0.3 is 0 Å². The largest absolute Gasteiger partial charge is 0.310 e. The van der Waals surface area contributed by atoms with Crippen LogP contribution in [0.15, 0.2) is 212 Å². The van der Waals surface area contributed by atoms with Crippen LogP contribution in [0.3, 0.4) is 0 Å². The molecule has 0 saturated heterocycles. The van der Waals surface area contributed by atoms with Gasteiger partial charge in [0.1, 0.15) is 0 Å². The Morgan fingerprint density at radius 3 is 1.12 bits per heavy atom. The molecule has 0 aliphatic carbocycles. The number of hydrogen-bond acceptors (Lipinski definition) is 1. The minimum Gasteiger partial charge on any atom is -0.310 e. The highest BCUT2D eigenvalue weighted by molar-refractivity contribution is 5.97. The first-order valence-corrected chi connectivity index (χ1v) is 16.8. The van der Waals surface area contributed by atoms with Crippen LogP contribution < -0.4 is 4.90 Å². The molecule has 0 bridgehead atoms. The first kappa shape index (κ1) is 29.9. The van der Waals surface area contributed by atoms with E-state index >= 15 is 0 Å². The molecular formula is C48H35N. The quantitative estimate of drug-likeness (QED) is 0.162. The second kappa shape index (κ2) is 13.7. The SMILES string of the molecule is c1ccc(-c2cc(-c3ccccc3)cc(N(c3ccccc3)c3ccccc3-c3ccccc3-c3ccccc3-c3ccccc3)c2)cc1. The van der Waals surface area contributed by atoms with E-state index < -0.39 is 0 Å². The van der Waals surface area contributed by atoms with Crippen LogP contribution in [0.2, 0.25) is 0 Å². The van der Waals surface area contributed by atoms with Gasteiger partial charge in [0.25, 0.3) is 0 Å². The normalized spacial score (nSPS) is 10.9. The summed E-state index contributed by atoms with van der Waals surface area (Å²) in [6, 6.07) is 76.0. The second-order valence-electron chi connectivity index (χ2n) is 12.1. The average Bonchev–Trinajstić information content (AvgIpc) is 3.19. The van der Waals surface area contributed by atoms with Gasteiger partial charge in [-0.15, -0.1) is 0 Å². The van der Waals surface area contributed by atoms with Crippen molar-refractivity contribution in [2.24, 2.45) is 0 Å². The van der Waals surface area contributed by atoms with E-state index in [4.69, 9.17) is 0 Å². The van der Waals surface area contributed by atoms with E-state index in [1.807, 2.05) is 0 Å². The third-order valence-electron chi connectivity index (χ3n) is 9.07. The van der Waals surface area contributed by atoms with E-state index in [0.717, 1.165) is 22.6 Å². The maximum absolute atomic E-state index is 2.41. The molecule has 49 heavy (non-hydrogen) atoms. The Morgan fingerprint density at radius 1 is 0.224 bits per heavy atom. The van der Waals surface area contributed by atoms with Gasteiger partial charge in [-0.25, -0.2) is 0 Å². The molecule has 1 nitrogen and oxygen atoms in total. The molecule has 0 fully saturated rings. The number of nitrogens with zero attached hydrogens (tertiary/aromatic N) is 1. The Balaban J connectivity index is 1.36. The van der Waals surface area contributed by atoms with Crippen molar-refractivity contribution in [3.05, 3.63) is 212 Å². The van der Waals surface area contributed by atoms with E-state index in [1.54, 1.807) is 0 Å². The van der Waals surface area contributed by atoms with Crippen LogP contribution in [0.25, 0.3) is 55.6 Å². The van der Waals surface area contributed by atoms with Crippen molar-refractivity contribution in [1.29, 1.82) is 0 Å². The number of hydrogen-bond donors (Lipinski definition) is 0. The molecule has 0 unspecified atom stereocenters. The molecule has 8 aromatic rings. The van der Waals surface area contributed by atoms with Crippen molar-refractivity contribution in [2.45, 2.75) is 0 Å². The van der Waals surface area contributed by atoms with E-state index in [1.165, 1.54) is 50.1 Å². The topological polar surface area (TPSA) is 3.24 Å². The molecular weight excluding hydrogens is 591 g/mol. The first-order chi connectivity index (χ1) is 24.3. The zero-order valence-corrected chi connectivity index (χ0v) is 27.2. The van der Waals surface area contributed by atoms with E-state index in [0.29, 0.717) is 0 Å². The van der Waals surface area contributed by atoms with Crippen molar-refractivity contribution in [2.75, 3.05) is 4.90 Å². The van der Waals surface area contributed by atoms with Gasteiger partial charge in [-0.3, -0.25) is 0 Å². The molecule has 0 aromatic heterocycles. The van der Waals surface area contributed by atoms with Crippen molar-refractivity contribution in [3.63, 3.8) is 0 Å². The molecule has 232 valence electrons. The molecule has 0 heterocycles. The molecule has 0 amide bonds. The van der Waals surface area contributed by atoms with Gasteiger partial charge in [-0.05, 0) is 86.5 Å². The predicted molar refractivity (Wildman–Crippen MR) is 208 cm³/mol. The molecule has 0 aliphatic rings. The summed E-state index contributed by atoms with van der Waals surface area (Å²) in [4.78, 5) is 2.41. The molecule has 0 radical (unpaired) electrons. The summed E-state index contributed by atoms with van der Waals surface area (Å²) in [6.07, 6.45) is 0. The first-order valence-electron chi connectivity index (χ1n) is 16.8. The molecule has 0 N–H and O–H groups in total. The summed E-state index contributed by atoms with van der Waals surface area (Å²) in [6.45, 7) is 0. The summed E-state index contributed by atoms with van der Waals surface area (Å²) in [7, 11) is 0. The molecule has 1 heteroatoms. The summed E-state index contributed by atoms with van der Waals surface area (Å²) < 4.78 is 0. The van der Waals surface area contributed by atoms with Crippen molar-refractivity contribution < 1.29 is 0 Å². The standard InChI is InChI=1S/C48H35N/c1-5-19-36(20-6-1)39-33-40(37-21-7-2-8-22-37)35-42(34-39)49(41-25-11-4-12-26-41)48-32-18-17-31-47(48)46-30-16-15-29-45(46)44-28-14-13-27-43(44)38-23-9-3-10-24-38/h1-35H. The Bertz CT molecular complexity index is 2250. The van der Waals surface area contributed by atoms with Gasteiger partial charge in [0, 0.05) is 16.9 Å². The van der Waals surface area contributed by atoms with Crippen LogP contribution in [-0.4, -0.2) is 0 Å². The summed E-state index contributed by atoms with van der Waals surface area (Å²) in [5.41, 5.74) is 15.2. The lowest BCUT2D eigenvalue weighted by Crippen LogP contribution is -2.11. The van der Waals surface area contributed by atoms with Crippen LogP contribution in [0.4, 0.5) is 17.1 Å². The third-order valence-corrected chi connectivity index (χ3v) is 9.07. The molecule has 0 saturated carbocycles. The van der Waals surface area contributed by atoms with E-state index in [-0.39, 0.29) is 0 Å². The molecule has 0 spiro atoms. The zero-order valence-electron chi connectivity index (χ0n) is 27.2. The number of para-hydroxylation sites is 2. The van der Waals surface area contributed by atoms with Gasteiger partial charge < -0.3 is 4.90 Å². The van der Waals surface area contributed by atoms with Crippen LogP contribution in [-0.2, 0) is 0 Å². The predicted octanol–water partition coefficient (Wildman–Crippen LogP) is 13.5. The van der Waals surface area contributed by atoms with Crippen LogP contribution in [0.5, 0.6) is 0 Å². The molecule has 0 atom stereocenters. The lowest BCUT2D eigenvalue weighted by atomic mass is 9.88. The van der Waals surface area contributed by atoms with Crippen LogP contribution in [0, 0.1) is 0 Å². The Morgan fingerprint density at radius 2 is 0.592 bits per heavy atom. The monoisotopic (exact) mass is 625 g/mol. The molecule has 0 aliphatic heterocycles. The minimum absolute atomic E-state index is 1.10. The smallest absolute Gasteiger partial charge is 0.0540 e. The highest BCUT2D eigenvalue weighted by Crippen LogP contribution is 2.46. The van der Waals surface area contributed by atoms with Crippen molar-refractivity contribution in [3.8, 4) is 55.6 Å². The Hall–Kier alpha value is -6.44. The van der Waals surface area contributed by atoms with Gasteiger partial charge in [0.2, 0.25) is 0 Å². The highest BCUT2D eigenvalue weighted by atomic mass is 15.1. The Labute approximate surface area is 289 Å². The van der Waals surface area contributed by atoms with Crippen LogP contribution in [0.1, 0.15) is 0 Å². The molecule has 8 rings (SSSR count). The Kier molecular flexibility index (Phi) is 8.39. The highest BCUT2D eigenvalue weighted by Gasteiger charge is 2.21. The van der Waals surface area contributed by atoms with Gasteiger partial charge in [-0.2, -0.15) is 0 Å². The molecule has 8 aromatic carbocycles. The second-order valence-corrected chi connectivity index (χ2v) is 12.1. The fourth-order valence-electron chi connectivity index (χ4n) is 6.78. The zero-order chi connectivity index (χ0) is 32.8. The van der Waals surface area contributed by atoms with Crippen molar-refractivity contribution >= 4 is 17.1 Å². The van der Waals surface area contributed by atoms with Crippen molar-refractivity contribution in [1.82, 2.24) is 0 Å². The number of rotatable bonds is 8. The van der Waals surface area contributed by atoms with Gasteiger partial charge in [0.05, 0.1) is 5.69 Å².